The van der Waals surface area contributed by atoms with Gasteiger partial charge in [-0.25, -0.2) is 9.67 Å². The molecule has 2 atom stereocenters. The zero-order valence-electron chi connectivity index (χ0n) is 16.6. The van der Waals surface area contributed by atoms with Gasteiger partial charge in [0.2, 0.25) is 5.91 Å². The van der Waals surface area contributed by atoms with Gasteiger partial charge in [0.25, 0.3) is 0 Å². The van der Waals surface area contributed by atoms with Crippen molar-refractivity contribution >= 4 is 17.5 Å². The van der Waals surface area contributed by atoms with Crippen LogP contribution < -0.4 is 0 Å². The van der Waals surface area contributed by atoms with Crippen LogP contribution in [-0.4, -0.2) is 32.6 Å². The summed E-state index contributed by atoms with van der Waals surface area (Å²) in [6.45, 7) is 6.19. The van der Waals surface area contributed by atoms with E-state index in [1.165, 1.54) is 6.33 Å². The van der Waals surface area contributed by atoms with Crippen molar-refractivity contribution in [3.63, 3.8) is 0 Å². The molecule has 1 heterocycles. The first-order valence-corrected chi connectivity index (χ1v) is 9.73. The summed E-state index contributed by atoms with van der Waals surface area (Å²) in [6, 6.07) is 15.5. The topological polar surface area (TPSA) is 51.0 Å². The Kier molecular flexibility index (Phi) is 6.15. The highest BCUT2D eigenvalue weighted by molar-refractivity contribution is 6.30. The first kappa shape index (κ1) is 20.1. The Bertz CT molecular complexity index is 905. The summed E-state index contributed by atoms with van der Waals surface area (Å²) in [5.74, 6) is 0.0716. The highest BCUT2D eigenvalue weighted by atomic mass is 35.5. The van der Waals surface area contributed by atoms with Gasteiger partial charge >= 0.3 is 0 Å². The molecule has 0 aliphatic carbocycles. The second-order valence-electron chi connectivity index (χ2n) is 7.33. The van der Waals surface area contributed by atoms with Gasteiger partial charge in [0.1, 0.15) is 12.7 Å². The standard InChI is InChI=1S/C22H25ClN4O/c1-15(2)21(18-5-9-19(23)10-6-18)22(28)26(4)16(3)17-7-11-20(12-8-17)27-14-24-13-25-27/h5-16,21H,1-4H3/t16-,21-/m1/s1. The fourth-order valence-corrected chi connectivity index (χ4v) is 3.49. The van der Waals surface area contributed by atoms with Gasteiger partial charge in [-0.3, -0.25) is 4.79 Å². The second-order valence-corrected chi connectivity index (χ2v) is 7.77. The number of aromatic nitrogens is 3. The quantitative estimate of drug-likeness (QED) is 0.596. The van der Waals surface area contributed by atoms with E-state index in [2.05, 4.69) is 23.9 Å². The van der Waals surface area contributed by atoms with Crippen LogP contribution in [0.4, 0.5) is 0 Å². The molecule has 0 saturated carbocycles. The van der Waals surface area contributed by atoms with Gasteiger partial charge in [0, 0.05) is 12.1 Å². The largest absolute Gasteiger partial charge is 0.338 e. The molecule has 6 heteroatoms. The maximum absolute atomic E-state index is 13.3. The number of amides is 1. The van der Waals surface area contributed by atoms with E-state index in [9.17, 15) is 4.79 Å². The van der Waals surface area contributed by atoms with Gasteiger partial charge in [0.05, 0.1) is 17.6 Å². The van der Waals surface area contributed by atoms with Crippen LogP contribution in [0.5, 0.6) is 0 Å². The van der Waals surface area contributed by atoms with E-state index in [-0.39, 0.29) is 23.8 Å². The lowest BCUT2D eigenvalue weighted by Crippen LogP contribution is -2.35. The minimum atomic E-state index is -0.209. The van der Waals surface area contributed by atoms with Crippen molar-refractivity contribution in [2.24, 2.45) is 5.92 Å². The van der Waals surface area contributed by atoms with Crippen LogP contribution in [0.25, 0.3) is 5.69 Å². The lowest BCUT2D eigenvalue weighted by molar-refractivity contribution is -0.134. The van der Waals surface area contributed by atoms with Gasteiger partial charge in [-0.05, 0) is 48.2 Å². The Balaban J connectivity index is 1.79. The number of benzene rings is 2. The van der Waals surface area contributed by atoms with Gasteiger partial charge < -0.3 is 4.90 Å². The molecular weight excluding hydrogens is 372 g/mol. The van der Waals surface area contributed by atoms with E-state index < -0.39 is 0 Å². The summed E-state index contributed by atoms with van der Waals surface area (Å²) < 4.78 is 1.71. The summed E-state index contributed by atoms with van der Waals surface area (Å²) in [6.07, 6.45) is 3.17. The molecule has 3 aromatic rings. The highest BCUT2D eigenvalue weighted by Crippen LogP contribution is 2.31. The van der Waals surface area contributed by atoms with Crippen molar-refractivity contribution < 1.29 is 4.79 Å². The number of likely N-dealkylation sites (N-methyl/N-ethyl adjacent to an activating group) is 1. The van der Waals surface area contributed by atoms with E-state index in [0.717, 1.165) is 16.8 Å². The molecule has 0 aliphatic heterocycles. The summed E-state index contributed by atoms with van der Waals surface area (Å²) in [4.78, 5) is 19.1. The summed E-state index contributed by atoms with van der Waals surface area (Å²) in [7, 11) is 1.86. The lowest BCUT2D eigenvalue weighted by Gasteiger charge is -2.31. The Hall–Kier alpha value is -2.66. The fourth-order valence-electron chi connectivity index (χ4n) is 3.36. The minimum absolute atomic E-state index is 0.0501. The van der Waals surface area contributed by atoms with Gasteiger partial charge in [0.15, 0.2) is 0 Å². The fraction of sp³-hybridized carbons (Fsp3) is 0.318. The number of carbonyl (C=O) groups is 1. The van der Waals surface area contributed by atoms with Crippen LogP contribution in [0.2, 0.25) is 5.02 Å². The molecule has 0 N–H and O–H groups in total. The van der Waals surface area contributed by atoms with Crippen molar-refractivity contribution in [1.29, 1.82) is 0 Å². The Morgan fingerprint density at radius 1 is 1.00 bits per heavy atom. The molecule has 28 heavy (non-hydrogen) atoms. The Morgan fingerprint density at radius 2 is 1.61 bits per heavy atom. The molecule has 0 saturated heterocycles. The van der Waals surface area contributed by atoms with Gasteiger partial charge in [-0.2, -0.15) is 5.10 Å². The van der Waals surface area contributed by atoms with E-state index in [1.54, 1.807) is 11.0 Å². The van der Waals surface area contributed by atoms with Crippen LogP contribution in [-0.2, 0) is 4.79 Å². The van der Waals surface area contributed by atoms with Crippen molar-refractivity contribution in [3.05, 3.63) is 77.3 Å². The molecule has 1 amide bonds. The van der Waals surface area contributed by atoms with Crippen molar-refractivity contribution in [1.82, 2.24) is 19.7 Å². The van der Waals surface area contributed by atoms with Crippen LogP contribution in [0.1, 0.15) is 43.9 Å². The van der Waals surface area contributed by atoms with Crippen LogP contribution in [0.15, 0.2) is 61.2 Å². The van der Waals surface area contributed by atoms with E-state index in [1.807, 2.05) is 67.4 Å². The third kappa shape index (κ3) is 4.25. The van der Waals surface area contributed by atoms with Gasteiger partial charge in [-0.1, -0.05) is 49.7 Å². The second kappa shape index (κ2) is 8.57. The maximum Gasteiger partial charge on any atom is 0.230 e. The average Bonchev–Trinajstić information content (AvgIpc) is 3.23. The normalized spacial score (nSPS) is 13.4. The number of hydrogen-bond donors (Lipinski definition) is 0. The van der Waals surface area contributed by atoms with Crippen molar-refractivity contribution in [3.8, 4) is 5.69 Å². The zero-order valence-corrected chi connectivity index (χ0v) is 17.3. The molecule has 0 radical (unpaired) electrons. The number of rotatable bonds is 6. The van der Waals surface area contributed by atoms with E-state index in [4.69, 9.17) is 11.6 Å². The summed E-state index contributed by atoms with van der Waals surface area (Å²) in [5.41, 5.74) is 2.99. The zero-order chi connectivity index (χ0) is 20.3. The molecule has 2 aromatic carbocycles. The SMILES string of the molecule is CC(C)[C@@H](C(=O)N(C)[C@H](C)c1ccc(-n2cncn2)cc1)c1ccc(Cl)cc1. The molecule has 0 aliphatic rings. The van der Waals surface area contributed by atoms with E-state index in [0.29, 0.717) is 5.02 Å². The Labute approximate surface area is 171 Å². The average molecular weight is 397 g/mol. The first-order chi connectivity index (χ1) is 13.4. The molecular formula is C22H25ClN4O. The smallest absolute Gasteiger partial charge is 0.230 e. The molecule has 0 spiro atoms. The molecule has 0 unspecified atom stereocenters. The molecule has 5 nitrogen and oxygen atoms in total. The van der Waals surface area contributed by atoms with Crippen LogP contribution in [0.3, 0.4) is 0 Å². The van der Waals surface area contributed by atoms with Crippen LogP contribution in [0, 0.1) is 5.92 Å². The Morgan fingerprint density at radius 3 is 2.14 bits per heavy atom. The number of nitrogens with zero attached hydrogens (tertiary/aromatic N) is 4. The lowest BCUT2D eigenvalue weighted by atomic mass is 9.86. The highest BCUT2D eigenvalue weighted by Gasteiger charge is 2.29. The molecule has 146 valence electrons. The molecule has 0 fully saturated rings. The predicted octanol–water partition coefficient (Wildman–Crippen LogP) is 4.88. The third-order valence-electron chi connectivity index (χ3n) is 5.15. The summed E-state index contributed by atoms with van der Waals surface area (Å²) in [5, 5.41) is 4.81. The number of halogens is 1. The minimum Gasteiger partial charge on any atom is -0.338 e. The molecule has 3 rings (SSSR count). The summed E-state index contributed by atoms with van der Waals surface area (Å²) >= 11 is 6.01. The molecule has 0 bridgehead atoms. The third-order valence-corrected chi connectivity index (χ3v) is 5.40. The monoisotopic (exact) mass is 396 g/mol. The maximum atomic E-state index is 13.3. The predicted molar refractivity (Wildman–Crippen MR) is 112 cm³/mol. The van der Waals surface area contributed by atoms with Crippen molar-refractivity contribution in [2.45, 2.75) is 32.7 Å². The van der Waals surface area contributed by atoms with Gasteiger partial charge in [-0.15, -0.1) is 0 Å². The first-order valence-electron chi connectivity index (χ1n) is 9.35. The number of carbonyl (C=O) groups excluding carboxylic acids is 1. The van der Waals surface area contributed by atoms with Crippen molar-refractivity contribution in [2.75, 3.05) is 7.05 Å². The van der Waals surface area contributed by atoms with E-state index >= 15 is 0 Å². The molecule has 1 aromatic heterocycles. The van der Waals surface area contributed by atoms with Crippen LogP contribution >= 0.6 is 11.6 Å². The number of hydrogen-bond acceptors (Lipinski definition) is 3.